The van der Waals surface area contributed by atoms with E-state index in [1.165, 1.54) is 5.56 Å². The molecule has 0 atom stereocenters. The number of nitrogens with zero attached hydrogens (tertiary/aromatic N) is 1. The number of hydrogen-bond acceptors (Lipinski definition) is 4. The van der Waals surface area contributed by atoms with Gasteiger partial charge in [0.25, 0.3) is 5.91 Å². The molecule has 1 aliphatic rings. The van der Waals surface area contributed by atoms with Crippen LogP contribution in [-0.4, -0.2) is 30.0 Å². The van der Waals surface area contributed by atoms with Crippen LogP contribution in [0.3, 0.4) is 0 Å². The molecule has 0 unspecified atom stereocenters. The van der Waals surface area contributed by atoms with Gasteiger partial charge in [0.15, 0.2) is 5.76 Å². The molecule has 0 saturated carbocycles. The summed E-state index contributed by atoms with van der Waals surface area (Å²) in [6.07, 6.45) is 3.61. The first kappa shape index (κ1) is 20.1. The number of rotatable bonds is 4. The summed E-state index contributed by atoms with van der Waals surface area (Å²) < 4.78 is 5.98. The van der Waals surface area contributed by atoms with E-state index >= 15 is 0 Å². The lowest BCUT2D eigenvalue weighted by Gasteiger charge is -2.24. The Balaban J connectivity index is 0.00000225. The molecule has 3 aromatic rings. The second kappa shape index (κ2) is 9.04. The van der Waals surface area contributed by atoms with Crippen LogP contribution in [0.4, 0.5) is 0 Å². The summed E-state index contributed by atoms with van der Waals surface area (Å²) in [6.45, 7) is 3.92. The smallest absolute Gasteiger partial charge is 0.252 e. The summed E-state index contributed by atoms with van der Waals surface area (Å²) >= 11 is 0. The lowest BCUT2D eigenvalue weighted by atomic mass is 10.0. The van der Waals surface area contributed by atoms with Crippen LogP contribution in [0.2, 0.25) is 0 Å². The highest BCUT2D eigenvalue weighted by Gasteiger charge is 2.20. The van der Waals surface area contributed by atoms with Gasteiger partial charge in [0.05, 0.1) is 11.8 Å². The van der Waals surface area contributed by atoms with Gasteiger partial charge in [0.2, 0.25) is 5.89 Å². The minimum atomic E-state index is -0.0763. The number of benzene rings is 2. The molecule has 1 aromatic heterocycles. The Morgan fingerprint density at radius 2 is 1.82 bits per heavy atom. The van der Waals surface area contributed by atoms with E-state index in [9.17, 15) is 4.79 Å². The van der Waals surface area contributed by atoms with E-state index in [1.54, 1.807) is 6.20 Å². The third-order valence-electron chi connectivity index (χ3n) is 4.92. The van der Waals surface area contributed by atoms with Crippen LogP contribution in [0.25, 0.3) is 22.8 Å². The maximum Gasteiger partial charge on any atom is 0.252 e. The first-order chi connectivity index (χ1) is 13.2. The summed E-state index contributed by atoms with van der Waals surface area (Å²) in [5.41, 5.74) is 3.46. The number of nitrogens with one attached hydrogen (secondary N) is 2. The molecular formula is C22H24ClN3O2. The Kier molecular flexibility index (Phi) is 6.49. The summed E-state index contributed by atoms with van der Waals surface area (Å²) in [7, 11) is 0. The molecule has 1 fully saturated rings. The first-order valence-electron chi connectivity index (χ1n) is 9.34. The molecule has 4 rings (SSSR count). The summed E-state index contributed by atoms with van der Waals surface area (Å²) in [5.74, 6) is 1.08. The van der Waals surface area contributed by atoms with Crippen molar-refractivity contribution in [2.75, 3.05) is 13.1 Å². The van der Waals surface area contributed by atoms with Crippen molar-refractivity contribution in [3.63, 3.8) is 0 Å². The van der Waals surface area contributed by atoms with Gasteiger partial charge in [-0.15, -0.1) is 12.4 Å². The van der Waals surface area contributed by atoms with Crippen molar-refractivity contribution in [1.82, 2.24) is 15.6 Å². The van der Waals surface area contributed by atoms with Crippen LogP contribution in [0.5, 0.6) is 0 Å². The number of piperidine rings is 1. The van der Waals surface area contributed by atoms with Crippen molar-refractivity contribution in [3.8, 4) is 22.8 Å². The number of aromatic nitrogens is 1. The predicted molar refractivity (Wildman–Crippen MR) is 113 cm³/mol. The number of oxazole rings is 1. The molecule has 2 N–H and O–H groups in total. The number of hydrogen-bond donors (Lipinski definition) is 2. The molecule has 0 radical (unpaired) electrons. The van der Waals surface area contributed by atoms with Crippen LogP contribution in [-0.2, 0) is 0 Å². The minimum absolute atomic E-state index is 0. The average molecular weight is 398 g/mol. The van der Waals surface area contributed by atoms with E-state index < -0.39 is 0 Å². The average Bonchev–Trinajstić information content (AvgIpc) is 3.19. The number of carbonyl (C=O) groups excluding carboxylic acids is 1. The molecular weight excluding hydrogens is 374 g/mol. The van der Waals surface area contributed by atoms with Gasteiger partial charge >= 0.3 is 0 Å². The van der Waals surface area contributed by atoms with Crippen LogP contribution in [0.1, 0.15) is 28.8 Å². The van der Waals surface area contributed by atoms with E-state index in [1.807, 2.05) is 55.5 Å². The molecule has 1 aliphatic heterocycles. The zero-order chi connectivity index (χ0) is 18.6. The van der Waals surface area contributed by atoms with E-state index in [-0.39, 0.29) is 24.4 Å². The molecule has 2 aromatic carbocycles. The quantitative estimate of drug-likeness (QED) is 0.691. The molecule has 6 heteroatoms. The Labute approximate surface area is 171 Å². The zero-order valence-corrected chi connectivity index (χ0v) is 16.6. The molecule has 0 bridgehead atoms. The van der Waals surface area contributed by atoms with Gasteiger partial charge in [-0.25, -0.2) is 4.98 Å². The summed E-state index contributed by atoms with van der Waals surface area (Å²) in [4.78, 5) is 17.2. The van der Waals surface area contributed by atoms with Crippen molar-refractivity contribution in [1.29, 1.82) is 0 Å². The zero-order valence-electron chi connectivity index (χ0n) is 15.8. The molecule has 146 valence electrons. The van der Waals surface area contributed by atoms with Crippen LogP contribution in [0.15, 0.2) is 59.1 Å². The lowest BCUT2D eigenvalue weighted by molar-refractivity contribution is 0.0930. The molecule has 28 heavy (non-hydrogen) atoms. The van der Waals surface area contributed by atoms with Crippen LogP contribution >= 0.6 is 12.4 Å². The van der Waals surface area contributed by atoms with Crippen molar-refractivity contribution < 1.29 is 9.21 Å². The largest absolute Gasteiger partial charge is 0.436 e. The van der Waals surface area contributed by atoms with Gasteiger partial charge in [0, 0.05) is 17.2 Å². The Hall–Kier alpha value is -2.63. The van der Waals surface area contributed by atoms with Gasteiger partial charge in [-0.1, -0.05) is 42.0 Å². The third-order valence-corrected chi connectivity index (χ3v) is 4.92. The number of carbonyl (C=O) groups is 1. The lowest BCUT2D eigenvalue weighted by Crippen LogP contribution is -2.42. The summed E-state index contributed by atoms with van der Waals surface area (Å²) in [5, 5.41) is 6.45. The molecule has 5 nitrogen and oxygen atoms in total. The standard InChI is InChI=1S/C22H23N3O2.ClH/c1-15-6-8-16(9-7-15)20-14-24-22(27-20)19-5-3-2-4-18(19)21(26)25-17-10-12-23-13-11-17;/h2-9,14,17,23H,10-13H2,1H3,(H,25,26);1H. The van der Waals surface area contributed by atoms with Gasteiger partial charge in [0.1, 0.15) is 0 Å². The molecule has 2 heterocycles. The van der Waals surface area contributed by atoms with Gasteiger partial charge in [-0.3, -0.25) is 4.79 Å². The molecule has 1 saturated heterocycles. The number of halogens is 1. The fourth-order valence-corrected chi connectivity index (χ4v) is 3.35. The fourth-order valence-electron chi connectivity index (χ4n) is 3.35. The Morgan fingerprint density at radius 1 is 1.11 bits per heavy atom. The van der Waals surface area contributed by atoms with E-state index in [2.05, 4.69) is 15.6 Å². The van der Waals surface area contributed by atoms with Gasteiger partial charge < -0.3 is 15.1 Å². The van der Waals surface area contributed by atoms with E-state index in [0.29, 0.717) is 22.8 Å². The Morgan fingerprint density at radius 3 is 2.57 bits per heavy atom. The highest BCUT2D eigenvalue weighted by atomic mass is 35.5. The second-order valence-electron chi connectivity index (χ2n) is 6.94. The van der Waals surface area contributed by atoms with Crippen LogP contribution in [0, 0.1) is 6.92 Å². The normalized spacial score (nSPS) is 14.3. The van der Waals surface area contributed by atoms with Crippen molar-refractivity contribution in [2.24, 2.45) is 0 Å². The topological polar surface area (TPSA) is 67.2 Å². The Bertz CT molecular complexity index is 931. The van der Waals surface area contributed by atoms with Gasteiger partial charge in [-0.05, 0) is 45.0 Å². The van der Waals surface area contributed by atoms with Crippen molar-refractivity contribution >= 4 is 18.3 Å². The van der Waals surface area contributed by atoms with E-state index in [0.717, 1.165) is 31.5 Å². The van der Waals surface area contributed by atoms with Gasteiger partial charge in [-0.2, -0.15) is 0 Å². The SMILES string of the molecule is Cc1ccc(-c2cnc(-c3ccccc3C(=O)NC3CCNCC3)o2)cc1.Cl. The maximum absolute atomic E-state index is 12.8. The highest BCUT2D eigenvalue weighted by molar-refractivity contribution is 6.00. The molecule has 1 amide bonds. The minimum Gasteiger partial charge on any atom is -0.436 e. The third kappa shape index (κ3) is 4.43. The monoisotopic (exact) mass is 397 g/mol. The maximum atomic E-state index is 12.8. The fraction of sp³-hybridized carbons (Fsp3) is 0.273. The summed E-state index contributed by atoms with van der Waals surface area (Å²) in [6, 6.07) is 15.8. The van der Waals surface area contributed by atoms with Crippen molar-refractivity contribution in [3.05, 3.63) is 65.9 Å². The number of amides is 1. The predicted octanol–water partition coefficient (Wildman–Crippen LogP) is 4.22. The molecule has 0 spiro atoms. The van der Waals surface area contributed by atoms with E-state index in [4.69, 9.17) is 4.42 Å². The van der Waals surface area contributed by atoms with Crippen molar-refractivity contribution in [2.45, 2.75) is 25.8 Å². The first-order valence-corrected chi connectivity index (χ1v) is 9.34. The van der Waals surface area contributed by atoms with Crippen LogP contribution < -0.4 is 10.6 Å². The highest BCUT2D eigenvalue weighted by Crippen LogP contribution is 2.28. The second-order valence-corrected chi connectivity index (χ2v) is 6.94. The molecule has 0 aliphatic carbocycles. The number of aryl methyl sites for hydroxylation is 1.